The van der Waals surface area contributed by atoms with Crippen LogP contribution in [0.1, 0.15) is 11.4 Å². The number of pyridine rings is 1. The van der Waals surface area contributed by atoms with Crippen LogP contribution in [-0.4, -0.2) is 14.6 Å². The molecule has 3 aromatic rings. The van der Waals surface area contributed by atoms with E-state index >= 15 is 0 Å². The summed E-state index contributed by atoms with van der Waals surface area (Å²) in [6.45, 7) is 3.66. The highest BCUT2D eigenvalue weighted by Gasteiger charge is 2.12. The molecule has 0 amide bonds. The van der Waals surface area contributed by atoms with Crippen molar-refractivity contribution >= 4 is 23.1 Å². The second-order valence-electron chi connectivity index (χ2n) is 3.63. The van der Waals surface area contributed by atoms with Gasteiger partial charge in [-0.15, -0.1) is 16.4 Å². The Bertz CT molecular complexity index is 762. The molecule has 3 rings (SSSR count). The topological polar surface area (TPSA) is 54.0 Å². The van der Waals surface area contributed by atoms with E-state index in [-0.39, 0.29) is 0 Å². The van der Waals surface area contributed by atoms with Crippen LogP contribution in [0.15, 0.2) is 36.2 Å². The molecule has 0 aromatic carbocycles. The SMILES string of the molecule is C=Cc1nc2c(C#N)ccc(-c3cccs3)n2n1. The third-order valence-electron chi connectivity index (χ3n) is 2.58. The molecule has 0 spiro atoms. The van der Waals surface area contributed by atoms with Crippen LogP contribution in [0.25, 0.3) is 22.3 Å². The number of fused-ring (bicyclic) bond motifs is 1. The van der Waals surface area contributed by atoms with Crippen molar-refractivity contribution in [2.45, 2.75) is 0 Å². The fraction of sp³-hybridized carbons (Fsp3) is 0. The number of rotatable bonds is 2. The van der Waals surface area contributed by atoms with Gasteiger partial charge in [-0.05, 0) is 29.7 Å². The average Bonchev–Trinajstić information content (AvgIpc) is 3.06. The third kappa shape index (κ3) is 1.51. The molecule has 5 heteroatoms. The fourth-order valence-corrected chi connectivity index (χ4v) is 2.50. The largest absolute Gasteiger partial charge is 0.210 e. The Morgan fingerprint density at radius 3 is 2.94 bits per heavy atom. The van der Waals surface area contributed by atoms with E-state index in [9.17, 15) is 0 Å². The molecule has 0 aliphatic heterocycles. The molecule has 0 aliphatic rings. The molecule has 0 aliphatic carbocycles. The smallest absolute Gasteiger partial charge is 0.174 e. The lowest BCUT2D eigenvalue weighted by Crippen LogP contribution is -1.95. The molecule has 3 heterocycles. The molecule has 0 saturated heterocycles. The van der Waals surface area contributed by atoms with Gasteiger partial charge in [-0.1, -0.05) is 12.6 Å². The van der Waals surface area contributed by atoms with Gasteiger partial charge in [-0.25, -0.2) is 9.50 Å². The minimum atomic E-state index is 0.510. The lowest BCUT2D eigenvalue weighted by molar-refractivity contribution is 0.962. The van der Waals surface area contributed by atoms with E-state index in [1.165, 1.54) is 0 Å². The van der Waals surface area contributed by atoms with Gasteiger partial charge in [0.15, 0.2) is 11.5 Å². The normalized spacial score (nSPS) is 10.4. The average molecular weight is 252 g/mol. The van der Waals surface area contributed by atoms with Gasteiger partial charge in [0.25, 0.3) is 0 Å². The van der Waals surface area contributed by atoms with Gasteiger partial charge in [0.05, 0.1) is 16.1 Å². The molecule has 0 N–H and O–H groups in total. The van der Waals surface area contributed by atoms with E-state index in [2.05, 4.69) is 22.7 Å². The van der Waals surface area contributed by atoms with Gasteiger partial charge in [0.2, 0.25) is 0 Å². The Balaban J connectivity index is 2.38. The summed E-state index contributed by atoms with van der Waals surface area (Å²) < 4.78 is 1.70. The van der Waals surface area contributed by atoms with Crippen molar-refractivity contribution in [3.63, 3.8) is 0 Å². The van der Waals surface area contributed by atoms with Gasteiger partial charge >= 0.3 is 0 Å². The van der Waals surface area contributed by atoms with Crippen LogP contribution < -0.4 is 0 Å². The lowest BCUT2D eigenvalue weighted by atomic mass is 10.2. The van der Waals surface area contributed by atoms with Gasteiger partial charge in [-0.2, -0.15) is 5.26 Å². The molecule has 4 nitrogen and oxygen atoms in total. The van der Waals surface area contributed by atoms with Crippen molar-refractivity contribution in [2.75, 3.05) is 0 Å². The maximum Gasteiger partial charge on any atom is 0.174 e. The van der Waals surface area contributed by atoms with Crippen molar-refractivity contribution in [3.05, 3.63) is 47.6 Å². The van der Waals surface area contributed by atoms with Crippen LogP contribution in [0.2, 0.25) is 0 Å². The standard InChI is InChI=1S/C13H8N4S/c1-2-12-15-13-9(8-14)5-6-10(17(13)16-12)11-4-3-7-18-11/h2-7H,1H2. The minimum absolute atomic E-state index is 0.510. The van der Waals surface area contributed by atoms with Crippen LogP contribution in [0.4, 0.5) is 0 Å². The Kier molecular flexibility index (Phi) is 2.43. The van der Waals surface area contributed by atoms with Crippen molar-refractivity contribution < 1.29 is 0 Å². The van der Waals surface area contributed by atoms with Gasteiger partial charge in [0.1, 0.15) is 6.07 Å². The Morgan fingerprint density at radius 2 is 2.28 bits per heavy atom. The molecule has 0 radical (unpaired) electrons. The number of hydrogen-bond donors (Lipinski definition) is 0. The molecule has 86 valence electrons. The summed E-state index contributed by atoms with van der Waals surface area (Å²) in [4.78, 5) is 5.38. The van der Waals surface area contributed by atoms with E-state index in [1.807, 2.05) is 23.6 Å². The van der Waals surface area contributed by atoms with E-state index in [1.54, 1.807) is 28.0 Å². The van der Waals surface area contributed by atoms with Crippen LogP contribution in [0.3, 0.4) is 0 Å². The summed E-state index contributed by atoms with van der Waals surface area (Å²) in [6, 6.07) is 9.78. The summed E-state index contributed by atoms with van der Waals surface area (Å²) in [6.07, 6.45) is 1.58. The van der Waals surface area contributed by atoms with Crippen molar-refractivity contribution in [3.8, 4) is 16.6 Å². The van der Waals surface area contributed by atoms with E-state index in [4.69, 9.17) is 5.26 Å². The van der Waals surface area contributed by atoms with Crippen LogP contribution in [-0.2, 0) is 0 Å². The molecular formula is C13H8N4S. The van der Waals surface area contributed by atoms with Gasteiger partial charge < -0.3 is 0 Å². The summed E-state index contributed by atoms with van der Waals surface area (Å²) in [5.74, 6) is 0.524. The van der Waals surface area contributed by atoms with E-state index < -0.39 is 0 Å². The zero-order valence-corrected chi connectivity index (χ0v) is 10.2. The molecule has 0 fully saturated rings. The first-order valence-electron chi connectivity index (χ1n) is 5.29. The highest BCUT2D eigenvalue weighted by atomic mass is 32.1. The zero-order valence-electron chi connectivity index (χ0n) is 9.37. The summed E-state index contributed by atoms with van der Waals surface area (Å²) in [5.41, 5.74) is 2.01. The number of hydrogen-bond acceptors (Lipinski definition) is 4. The Morgan fingerprint density at radius 1 is 1.39 bits per heavy atom. The number of thiophene rings is 1. The first-order chi connectivity index (χ1) is 8.83. The third-order valence-corrected chi connectivity index (χ3v) is 3.47. The minimum Gasteiger partial charge on any atom is -0.210 e. The molecule has 0 saturated carbocycles. The zero-order chi connectivity index (χ0) is 12.5. The monoisotopic (exact) mass is 252 g/mol. The van der Waals surface area contributed by atoms with Gasteiger partial charge in [0, 0.05) is 0 Å². The molecule has 3 aromatic heterocycles. The first-order valence-corrected chi connectivity index (χ1v) is 6.17. The second kappa shape index (κ2) is 4.09. The summed E-state index contributed by atoms with van der Waals surface area (Å²) in [5, 5.41) is 15.4. The predicted octanol–water partition coefficient (Wildman–Crippen LogP) is 2.97. The molecule has 0 unspecified atom stereocenters. The molecular weight excluding hydrogens is 244 g/mol. The molecule has 0 bridgehead atoms. The van der Waals surface area contributed by atoms with Crippen LogP contribution in [0.5, 0.6) is 0 Å². The van der Waals surface area contributed by atoms with Crippen LogP contribution >= 0.6 is 11.3 Å². The second-order valence-corrected chi connectivity index (χ2v) is 4.58. The van der Waals surface area contributed by atoms with Gasteiger partial charge in [-0.3, -0.25) is 0 Å². The number of nitrogens with zero attached hydrogens (tertiary/aromatic N) is 4. The maximum absolute atomic E-state index is 9.08. The predicted molar refractivity (Wildman–Crippen MR) is 71.1 cm³/mol. The highest BCUT2D eigenvalue weighted by molar-refractivity contribution is 7.13. The fourth-order valence-electron chi connectivity index (χ4n) is 1.76. The molecule has 18 heavy (non-hydrogen) atoms. The van der Waals surface area contributed by atoms with Crippen molar-refractivity contribution in [2.24, 2.45) is 0 Å². The molecule has 0 atom stereocenters. The first kappa shape index (κ1) is 10.7. The van der Waals surface area contributed by atoms with E-state index in [0.717, 1.165) is 10.6 Å². The van der Waals surface area contributed by atoms with Crippen molar-refractivity contribution in [1.29, 1.82) is 5.26 Å². The summed E-state index contributed by atoms with van der Waals surface area (Å²) >= 11 is 1.62. The Labute approximate surface area is 107 Å². The highest BCUT2D eigenvalue weighted by Crippen LogP contribution is 2.26. The quantitative estimate of drug-likeness (QED) is 0.704. The lowest BCUT2D eigenvalue weighted by Gasteiger charge is -2.01. The Hall–Kier alpha value is -2.45. The number of nitriles is 1. The number of aromatic nitrogens is 3. The maximum atomic E-state index is 9.08. The van der Waals surface area contributed by atoms with Crippen LogP contribution in [0, 0.1) is 11.3 Å². The summed E-state index contributed by atoms with van der Waals surface area (Å²) in [7, 11) is 0. The van der Waals surface area contributed by atoms with E-state index in [0.29, 0.717) is 17.0 Å². The van der Waals surface area contributed by atoms with Crippen molar-refractivity contribution in [1.82, 2.24) is 14.6 Å².